The molecule has 0 fully saturated rings. The Labute approximate surface area is 265 Å². The maximum absolute atomic E-state index is 4.75. The van der Waals surface area contributed by atoms with E-state index in [1.807, 2.05) is 12.4 Å². The van der Waals surface area contributed by atoms with Crippen LogP contribution in [-0.4, -0.2) is 25.5 Å². The summed E-state index contributed by atoms with van der Waals surface area (Å²) >= 11 is 0. The lowest BCUT2D eigenvalue weighted by Gasteiger charge is -2.21. The highest BCUT2D eigenvalue weighted by molar-refractivity contribution is 5.91. The summed E-state index contributed by atoms with van der Waals surface area (Å²) < 4.78 is 0. The molecule has 0 amide bonds. The van der Waals surface area contributed by atoms with Gasteiger partial charge >= 0.3 is 0 Å². The summed E-state index contributed by atoms with van der Waals surface area (Å²) in [5.41, 5.74) is 12.0. The molecular formula is C40H50N4. The van der Waals surface area contributed by atoms with Crippen LogP contribution in [-0.2, 0) is 0 Å². The summed E-state index contributed by atoms with van der Waals surface area (Å²) in [6.07, 6.45) is 3.94. The van der Waals surface area contributed by atoms with Crippen molar-refractivity contribution in [3.8, 4) is 0 Å². The molecule has 0 spiro atoms. The first-order chi connectivity index (χ1) is 21.2. The second kappa shape index (κ2) is 15.5. The fourth-order valence-corrected chi connectivity index (χ4v) is 5.55. The number of aliphatic imine (C=N–C) groups is 2. The molecule has 0 radical (unpaired) electrons. The first-order valence-corrected chi connectivity index (χ1v) is 16.1. The largest absolute Gasteiger partial charge is 0.355 e. The van der Waals surface area contributed by atoms with Crippen molar-refractivity contribution in [1.82, 2.24) is 0 Å². The van der Waals surface area contributed by atoms with Gasteiger partial charge in [-0.05, 0) is 58.1 Å². The summed E-state index contributed by atoms with van der Waals surface area (Å²) in [6, 6.07) is 30.0. The Kier molecular flexibility index (Phi) is 11.5. The van der Waals surface area contributed by atoms with Gasteiger partial charge < -0.3 is 10.6 Å². The quantitative estimate of drug-likeness (QED) is 0.121. The smallest absolute Gasteiger partial charge is 0.0585 e. The fraction of sp³-hybridized carbons (Fsp3) is 0.350. The fourth-order valence-electron chi connectivity index (χ4n) is 5.55. The first kappa shape index (κ1) is 32.7. The van der Waals surface area contributed by atoms with Gasteiger partial charge in [0, 0.05) is 46.3 Å². The van der Waals surface area contributed by atoms with Crippen LogP contribution in [0.5, 0.6) is 0 Å². The van der Waals surface area contributed by atoms with Crippen LogP contribution >= 0.6 is 0 Å². The van der Waals surface area contributed by atoms with Crippen molar-refractivity contribution < 1.29 is 0 Å². The van der Waals surface area contributed by atoms with Crippen molar-refractivity contribution in [3.63, 3.8) is 0 Å². The minimum absolute atomic E-state index is 0.428. The van der Waals surface area contributed by atoms with Crippen molar-refractivity contribution in [2.45, 2.75) is 79.1 Å². The minimum atomic E-state index is 0.428. The van der Waals surface area contributed by atoms with Crippen LogP contribution in [0.15, 0.2) is 94.9 Å². The number of para-hydroxylation sites is 4. The zero-order valence-electron chi connectivity index (χ0n) is 27.9. The molecule has 0 bridgehead atoms. The molecular weight excluding hydrogens is 536 g/mol. The van der Waals surface area contributed by atoms with E-state index in [4.69, 9.17) is 9.98 Å². The molecule has 4 aromatic carbocycles. The Balaban J connectivity index is 1.46. The van der Waals surface area contributed by atoms with Gasteiger partial charge in [-0.25, -0.2) is 0 Å². The molecule has 0 aromatic heterocycles. The summed E-state index contributed by atoms with van der Waals surface area (Å²) in [7, 11) is 0. The average molecular weight is 587 g/mol. The third-order valence-corrected chi connectivity index (χ3v) is 8.01. The summed E-state index contributed by atoms with van der Waals surface area (Å²) in [5.74, 6) is 1.71. The van der Waals surface area contributed by atoms with E-state index in [1.54, 1.807) is 0 Å². The Morgan fingerprint density at radius 1 is 0.455 bits per heavy atom. The highest BCUT2D eigenvalue weighted by Gasteiger charge is 2.16. The molecule has 0 atom stereocenters. The Morgan fingerprint density at radius 2 is 0.773 bits per heavy atom. The zero-order valence-corrected chi connectivity index (χ0v) is 27.9. The Hall–Kier alpha value is -4.18. The molecule has 0 aliphatic heterocycles. The van der Waals surface area contributed by atoms with Gasteiger partial charge in [-0.2, -0.15) is 0 Å². The molecule has 230 valence electrons. The van der Waals surface area contributed by atoms with E-state index >= 15 is 0 Å². The molecule has 0 unspecified atom stereocenters. The van der Waals surface area contributed by atoms with Gasteiger partial charge in [0.15, 0.2) is 0 Å². The average Bonchev–Trinajstić information content (AvgIpc) is 3.00. The van der Waals surface area contributed by atoms with Crippen molar-refractivity contribution in [2.75, 3.05) is 23.7 Å². The third kappa shape index (κ3) is 8.25. The lowest BCUT2D eigenvalue weighted by Crippen LogP contribution is -2.05. The Morgan fingerprint density at radius 3 is 1.09 bits per heavy atom. The lowest BCUT2D eigenvalue weighted by atomic mass is 9.92. The van der Waals surface area contributed by atoms with E-state index in [1.165, 1.54) is 33.6 Å². The summed E-state index contributed by atoms with van der Waals surface area (Å²) in [6.45, 7) is 19.2. The zero-order chi connectivity index (χ0) is 31.6. The van der Waals surface area contributed by atoms with E-state index < -0.39 is 0 Å². The monoisotopic (exact) mass is 586 g/mol. The second-order valence-corrected chi connectivity index (χ2v) is 12.7. The standard InChI is InChI=1S/C40H50N4/c1-27(2)33-17-13-18-34(28(3)4)39(33)43-37-21-11-9-15-31(37)25-41-23-24-42-26-32-16-10-12-22-38(32)44-40-35(29(5)6)19-14-20-36(40)30(7)8/h9-22,25-30,43-44H,23-24H2,1-8H3. The van der Waals surface area contributed by atoms with Crippen LogP contribution < -0.4 is 10.6 Å². The van der Waals surface area contributed by atoms with Gasteiger partial charge in [0.2, 0.25) is 0 Å². The van der Waals surface area contributed by atoms with Crippen molar-refractivity contribution in [3.05, 3.63) is 118 Å². The maximum Gasteiger partial charge on any atom is 0.0585 e. The highest BCUT2D eigenvalue weighted by Crippen LogP contribution is 2.36. The molecule has 4 heteroatoms. The molecule has 0 saturated carbocycles. The predicted octanol–water partition coefficient (Wildman–Crippen LogP) is 11.2. The predicted molar refractivity (Wildman–Crippen MR) is 194 cm³/mol. The van der Waals surface area contributed by atoms with Crippen LogP contribution in [0.2, 0.25) is 0 Å². The van der Waals surface area contributed by atoms with E-state index in [0.717, 1.165) is 22.5 Å². The minimum Gasteiger partial charge on any atom is -0.355 e. The van der Waals surface area contributed by atoms with Crippen molar-refractivity contribution >= 4 is 35.2 Å². The van der Waals surface area contributed by atoms with Crippen LogP contribution in [0.25, 0.3) is 0 Å². The van der Waals surface area contributed by atoms with Crippen molar-refractivity contribution in [1.29, 1.82) is 0 Å². The highest BCUT2D eigenvalue weighted by atomic mass is 14.9. The van der Waals surface area contributed by atoms with Crippen molar-refractivity contribution in [2.24, 2.45) is 9.98 Å². The second-order valence-electron chi connectivity index (χ2n) is 12.7. The number of rotatable bonds is 13. The SMILES string of the molecule is CC(C)c1cccc(C(C)C)c1Nc1ccccc1C=NCCN=Cc1ccccc1Nc1c(C(C)C)cccc1C(C)C. The van der Waals surface area contributed by atoms with E-state index in [2.05, 4.69) is 151 Å². The van der Waals surface area contributed by atoms with Gasteiger partial charge in [0.25, 0.3) is 0 Å². The topological polar surface area (TPSA) is 48.8 Å². The van der Waals surface area contributed by atoms with E-state index in [-0.39, 0.29) is 0 Å². The van der Waals surface area contributed by atoms with Gasteiger partial charge in [-0.1, -0.05) is 128 Å². The maximum atomic E-state index is 4.75. The van der Waals surface area contributed by atoms with Crippen LogP contribution in [0, 0.1) is 0 Å². The van der Waals surface area contributed by atoms with E-state index in [0.29, 0.717) is 36.8 Å². The number of hydrogen-bond acceptors (Lipinski definition) is 4. The van der Waals surface area contributed by atoms with E-state index in [9.17, 15) is 0 Å². The molecule has 2 N–H and O–H groups in total. The molecule has 0 aliphatic rings. The number of anilines is 4. The summed E-state index contributed by atoms with van der Waals surface area (Å²) in [5, 5.41) is 7.53. The summed E-state index contributed by atoms with van der Waals surface area (Å²) in [4.78, 5) is 9.50. The van der Waals surface area contributed by atoms with Crippen LogP contribution in [0.1, 0.15) is 112 Å². The first-order valence-electron chi connectivity index (χ1n) is 16.1. The molecule has 4 aromatic rings. The number of nitrogens with zero attached hydrogens (tertiary/aromatic N) is 2. The molecule has 44 heavy (non-hydrogen) atoms. The normalized spacial score (nSPS) is 12.0. The number of hydrogen-bond donors (Lipinski definition) is 2. The molecule has 0 aliphatic carbocycles. The lowest BCUT2D eigenvalue weighted by molar-refractivity contribution is 0.838. The molecule has 4 rings (SSSR count). The van der Waals surface area contributed by atoms with Crippen LogP contribution in [0.4, 0.5) is 22.7 Å². The number of benzene rings is 4. The number of nitrogens with one attached hydrogen (secondary N) is 2. The van der Waals surface area contributed by atoms with Gasteiger partial charge in [-0.15, -0.1) is 0 Å². The molecule has 0 saturated heterocycles. The Bertz CT molecular complexity index is 1400. The molecule has 0 heterocycles. The third-order valence-electron chi connectivity index (χ3n) is 8.01. The van der Waals surface area contributed by atoms with Gasteiger partial charge in [0.05, 0.1) is 13.1 Å². The van der Waals surface area contributed by atoms with Gasteiger partial charge in [-0.3, -0.25) is 9.98 Å². The van der Waals surface area contributed by atoms with Crippen LogP contribution in [0.3, 0.4) is 0 Å². The molecule has 4 nitrogen and oxygen atoms in total. The van der Waals surface area contributed by atoms with Gasteiger partial charge in [0.1, 0.15) is 0 Å².